The lowest BCUT2D eigenvalue weighted by atomic mass is 10.1. The summed E-state index contributed by atoms with van der Waals surface area (Å²) in [5, 5.41) is 7.88. The molecule has 2 aliphatic heterocycles. The van der Waals surface area contributed by atoms with E-state index < -0.39 is 0 Å². The van der Waals surface area contributed by atoms with Crippen molar-refractivity contribution in [3.8, 4) is 0 Å². The first-order valence-electron chi connectivity index (χ1n) is 7.40. The Hall–Kier alpha value is -2.67. The van der Waals surface area contributed by atoms with Crippen molar-refractivity contribution in [3.63, 3.8) is 0 Å². The molecule has 0 aliphatic carbocycles. The van der Waals surface area contributed by atoms with Gasteiger partial charge in [0.1, 0.15) is 5.82 Å². The number of carbonyl (C=O) groups excluding carboxylic acids is 1. The number of amidine groups is 1. The highest BCUT2D eigenvalue weighted by atomic mass is 32.2. The van der Waals surface area contributed by atoms with Crippen LogP contribution < -0.4 is 10.7 Å². The SMILES string of the molecule is O=C1Cc2ccc(C3=NNC(=Nc4ccc(F)cc4)SC3)cc2N1. The standard InChI is InChI=1S/C17H13FN4OS/c18-12-3-5-13(6-4-12)19-17-22-21-15(9-24-17)10-1-2-11-8-16(23)20-14(11)7-10/h1-7H,8-9H2,(H,19,22)(H,20,23). The number of amides is 1. The van der Waals surface area contributed by atoms with Crippen LogP contribution in [0.15, 0.2) is 52.6 Å². The average Bonchev–Trinajstić information content (AvgIpc) is 2.97. The van der Waals surface area contributed by atoms with Gasteiger partial charge in [0.05, 0.1) is 17.8 Å². The summed E-state index contributed by atoms with van der Waals surface area (Å²) in [6.07, 6.45) is 0.434. The number of nitrogens with zero attached hydrogens (tertiary/aromatic N) is 2. The van der Waals surface area contributed by atoms with Gasteiger partial charge in [-0.2, -0.15) is 5.10 Å². The predicted molar refractivity (Wildman–Crippen MR) is 94.4 cm³/mol. The number of benzene rings is 2. The third kappa shape index (κ3) is 3.03. The van der Waals surface area contributed by atoms with Gasteiger partial charge in [0, 0.05) is 17.0 Å². The molecule has 0 bridgehead atoms. The van der Waals surface area contributed by atoms with Gasteiger partial charge in [-0.3, -0.25) is 10.2 Å². The molecule has 24 heavy (non-hydrogen) atoms. The lowest BCUT2D eigenvalue weighted by molar-refractivity contribution is -0.115. The van der Waals surface area contributed by atoms with Crippen LogP contribution in [-0.2, 0) is 11.2 Å². The van der Waals surface area contributed by atoms with Gasteiger partial charge < -0.3 is 5.32 Å². The van der Waals surface area contributed by atoms with Crippen molar-refractivity contribution >= 4 is 39.9 Å². The first kappa shape index (κ1) is 14.9. The third-order valence-corrected chi connectivity index (χ3v) is 4.63. The Kier molecular flexibility index (Phi) is 3.78. The summed E-state index contributed by atoms with van der Waals surface area (Å²) in [6, 6.07) is 11.9. The molecule has 0 aromatic heterocycles. The van der Waals surface area contributed by atoms with E-state index in [0.717, 1.165) is 22.5 Å². The molecule has 0 fully saturated rings. The van der Waals surface area contributed by atoms with Gasteiger partial charge in [0.15, 0.2) is 5.17 Å². The predicted octanol–water partition coefficient (Wildman–Crippen LogP) is 3.05. The van der Waals surface area contributed by atoms with Crippen molar-refractivity contribution in [1.29, 1.82) is 0 Å². The van der Waals surface area contributed by atoms with E-state index in [4.69, 9.17) is 0 Å². The Morgan fingerprint density at radius 1 is 1.17 bits per heavy atom. The van der Waals surface area contributed by atoms with E-state index in [-0.39, 0.29) is 11.7 Å². The van der Waals surface area contributed by atoms with Crippen LogP contribution in [0.2, 0.25) is 0 Å². The van der Waals surface area contributed by atoms with E-state index >= 15 is 0 Å². The lowest BCUT2D eigenvalue weighted by Crippen LogP contribution is -2.25. The maximum absolute atomic E-state index is 12.9. The molecule has 0 atom stereocenters. The van der Waals surface area contributed by atoms with Gasteiger partial charge in [-0.15, -0.1) is 0 Å². The second kappa shape index (κ2) is 6.09. The van der Waals surface area contributed by atoms with Crippen molar-refractivity contribution in [2.75, 3.05) is 11.1 Å². The fourth-order valence-electron chi connectivity index (χ4n) is 2.55. The number of hydrazone groups is 1. The number of anilines is 1. The normalized spacial score (nSPS) is 18.0. The molecule has 120 valence electrons. The molecule has 2 aromatic carbocycles. The zero-order chi connectivity index (χ0) is 16.5. The highest BCUT2D eigenvalue weighted by Crippen LogP contribution is 2.26. The fourth-order valence-corrected chi connectivity index (χ4v) is 3.33. The van der Waals surface area contributed by atoms with Crippen LogP contribution >= 0.6 is 11.8 Å². The van der Waals surface area contributed by atoms with Crippen LogP contribution in [0.5, 0.6) is 0 Å². The number of aliphatic imine (C=N–C) groups is 1. The number of thioether (sulfide) groups is 1. The highest BCUT2D eigenvalue weighted by Gasteiger charge is 2.20. The van der Waals surface area contributed by atoms with Crippen LogP contribution in [0.4, 0.5) is 15.8 Å². The minimum absolute atomic E-state index is 0.0222. The number of halogens is 1. The quantitative estimate of drug-likeness (QED) is 0.883. The molecule has 7 heteroatoms. The maximum atomic E-state index is 12.9. The highest BCUT2D eigenvalue weighted by molar-refractivity contribution is 8.14. The van der Waals surface area contributed by atoms with Crippen LogP contribution in [-0.4, -0.2) is 22.5 Å². The van der Waals surface area contributed by atoms with Gasteiger partial charge in [-0.25, -0.2) is 9.38 Å². The summed E-state index contributed by atoms with van der Waals surface area (Å²) in [5.41, 5.74) is 7.33. The number of nitrogens with one attached hydrogen (secondary N) is 2. The van der Waals surface area contributed by atoms with Crippen molar-refractivity contribution < 1.29 is 9.18 Å². The van der Waals surface area contributed by atoms with Crippen LogP contribution in [0, 0.1) is 5.82 Å². The van der Waals surface area contributed by atoms with Crippen molar-refractivity contribution in [2.45, 2.75) is 6.42 Å². The summed E-state index contributed by atoms with van der Waals surface area (Å²) in [7, 11) is 0. The molecule has 5 nitrogen and oxygen atoms in total. The topological polar surface area (TPSA) is 65.8 Å². The number of hydrogen-bond acceptors (Lipinski definition) is 4. The van der Waals surface area contributed by atoms with Gasteiger partial charge in [-0.05, 0) is 35.9 Å². The summed E-state index contributed by atoms with van der Waals surface area (Å²) in [6.45, 7) is 0. The summed E-state index contributed by atoms with van der Waals surface area (Å²) < 4.78 is 12.9. The Morgan fingerprint density at radius 3 is 2.75 bits per heavy atom. The van der Waals surface area contributed by atoms with Crippen LogP contribution in [0.1, 0.15) is 11.1 Å². The second-order valence-corrected chi connectivity index (χ2v) is 6.41. The zero-order valence-electron chi connectivity index (χ0n) is 12.5. The number of carbonyl (C=O) groups is 1. The molecule has 0 radical (unpaired) electrons. The Morgan fingerprint density at radius 2 is 2.00 bits per heavy atom. The minimum atomic E-state index is -0.285. The number of rotatable bonds is 2. The molecular weight excluding hydrogens is 327 g/mol. The molecule has 0 unspecified atom stereocenters. The van der Waals surface area contributed by atoms with Crippen molar-refractivity contribution in [2.24, 2.45) is 10.1 Å². The molecule has 2 heterocycles. The van der Waals surface area contributed by atoms with Gasteiger partial charge in [0.2, 0.25) is 5.91 Å². The van der Waals surface area contributed by atoms with E-state index in [0.29, 0.717) is 23.0 Å². The van der Waals surface area contributed by atoms with E-state index in [1.165, 1.54) is 23.9 Å². The van der Waals surface area contributed by atoms with Gasteiger partial charge in [-0.1, -0.05) is 23.9 Å². The Bertz CT molecular complexity index is 877. The van der Waals surface area contributed by atoms with Crippen LogP contribution in [0.3, 0.4) is 0 Å². The smallest absolute Gasteiger partial charge is 0.228 e. The fraction of sp³-hybridized carbons (Fsp3) is 0.118. The third-order valence-electron chi connectivity index (χ3n) is 3.76. The molecular formula is C17H13FN4OS. The number of fused-ring (bicyclic) bond motifs is 1. The Balaban J connectivity index is 1.52. The van der Waals surface area contributed by atoms with Gasteiger partial charge >= 0.3 is 0 Å². The summed E-state index contributed by atoms with van der Waals surface area (Å²) >= 11 is 1.53. The largest absolute Gasteiger partial charge is 0.326 e. The zero-order valence-corrected chi connectivity index (χ0v) is 13.4. The van der Waals surface area contributed by atoms with E-state index in [2.05, 4.69) is 20.8 Å². The molecule has 2 aliphatic rings. The molecule has 2 aromatic rings. The summed E-state index contributed by atoms with van der Waals surface area (Å²) in [5.74, 6) is 0.404. The molecule has 0 saturated carbocycles. The summed E-state index contributed by atoms with van der Waals surface area (Å²) in [4.78, 5) is 15.8. The minimum Gasteiger partial charge on any atom is -0.326 e. The maximum Gasteiger partial charge on any atom is 0.228 e. The second-order valence-electron chi connectivity index (χ2n) is 5.45. The van der Waals surface area contributed by atoms with Crippen molar-refractivity contribution in [3.05, 3.63) is 59.4 Å². The first-order valence-corrected chi connectivity index (χ1v) is 8.39. The van der Waals surface area contributed by atoms with E-state index in [1.54, 1.807) is 12.1 Å². The molecule has 2 N–H and O–H groups in total. The Labute approximate surface area is 142 Å². The monoisotopic (exact) mass is 340 g/mol. The van der Waals surface area contributed by atoms with Crippen molar-refractivity contribution in [1.82, 2.24) is 5.43 Å². The molecule has 0 saturated heterocycles. The van der Waals surface area contributed by atoms with Gasteiger partial charge in [0.25, 0.3) is 0 Å². The van der Waals surface area contributed by atoms with E-state index in [9.17, 15) is 9.18 Å². The average molecular weight is 340 g/mol. The first-order chi connectivity index (χ1) is 11.7. The lowest BCUT2D eigenvalue weighted by Gasteiger charge is -2.15. The molecule has 1 amide bonds. The molecule has 4 rings (SSSR count). The van der Waals surface area contributed by atoms with Crippen LogP contribution in [0.25, 0.3) is 0 Å². The van der Waals surface area contributed by atoms with E-state index in [1.807, 2.05) is 18.2 Å². The molecule has 0 spiro atoms. The number of hydrogen-bond donors (Lipinski definition) is 2.